The van der Waals surface area contributed by atoms with Gasteiger partial charge >= 0.3 is 0 Å². The normalized spacial score (nSPS) is 27.6. The average Bonchev–Trinajstić information content (AvgIpc) is 3.41. The minimum absolute atomic E-state index is 0.118. The van der Waals surface area contributed by atoms with Crippen LogP contribution >= 0.6 is 0 Å². The monoisotopic (exact) mass is 525 g/mol. The second kappa shape index (κ2) is 13.0. The quantitative estimate of drug-likeness (QED) is 0.565. The lowest BCUT2D eigenvalue weighted by atomic mass is 9.82. The molecule has 2 N–H and O–H groups in total. The number of hydrogen-bond donors (Lipinski definition) is 2. The van der Waals surface area contributed by atoms with Crippen molar-refractivity contribution in [2.75, 3.05) is 77.6 Å². The number of piperazine rings is 1. The fourth-order valence-corrected chi connectivity index (χ4v) is 6.35. The third kappa shape index (κ3) is 6.50. The lowest BCUT2D eigenvalue weighted by Gasteiger charge is -2.38. The molecule has 38 heavy (non-hydrogen) atoms. The van der Waals surface area contributed by atoms with Crippen LogP contribution in [0.2, 0.25) is 0 Å². The number of hydrogen-bond acceptors (Lipinski definition) is 7. The van der Waals surface area contributed by atoms with Crippen LogP contribution in [0.15, 0.2) is 30.4 Å². The van der Waals surface area contributed by atoms with Crippen molar-refractivity contribution in [1.82, 2.24) is 20.4 Å². The molecule has 0 aromatic heterocycles. The van der Waals surface area contributed by atoms with Crippen LogP contribution in [0, 0.1) is 11.8 Å². The van der Waals surface area contributed by atoms with Crippen LogP contribution in [-0.4, -0.2) is 100 Å². The van der Waals surface area contributed by atoms with Crippen LogP contribution in [0.25, 0.3) is 0 Å². The molecule has 9 heteroatoms. The summed E-state index contributed by atoms with van der Waals surface area (Å²) in [6.07, 6.45) is 7.66. The van der Waals surface area contributed by atoms with Gasteiger partial charge in [0, 0.05) is 77.1 Å². The zero-order chi connectivity index (χ0) is 26.3. The van der Waals surface area contributed by atoms with Crippen molar-refractivity contribution in [1.29, 1.82) is 0 Å². The van der Waals surface area contributed by atoms with Gasteiger partial charge < -0.3 is 34.8 Å². The number of benzene rings is 1. The molecule has 208 valence electrons. The Morgan fingerprint density at radius 3 is 2.79 bits per heavy atom. The zero-order valence-electron chi connectivity index (χ0n) is 22.7. The van der Waals surface area contributed by atoms with Gasteiger partial charge in [-0.1, -0.05) is 12.2 Å². The van der Waals surface area contributed by atoms with E-state index < -0.39 is 0 Å². The summed E-state index contributed by atoms with van der Waals surface area (Å²) in [7, 11) is 1.70. The molecule has 4 heterocycles. The molecule has 3 saturated heterocycles. The first kappa shape index (κ1) is 27.0. The number of likely N-dealkylation sites (tertiary alicyclic amines) is 1. The first-order valence-electron chi connectivity index (χ1n) is 14.3. The number of ether oxygens (including phenoxy) is 2. The molecule has 2 amide bonds. The highest BCUT2D eigenvalue weighted by molar-refractivity contribution is 5.79. The molecule has 4 aliphatic rings. The van der Waals surface area contributed by atoms with Gasteiger partial charge in [0.05, 0.1) is 19.2 Å². The molecular weight excluding hydrogens is 482 g/mol. The maximum atomic E-state index is 13.3. The third-order valence-electron chi connectivity index (χ3n) is 8.49. The minimum Gasteiger partial charge on any atom is -0.489 e. The molecule has 4 aliphatic heterocycles. The predicted molar refractivity (Wildman–Crippen MR) is 147 cm³/mol. The van der Waals surface area contributed by atoms with Crippen molar-refractivity contribution in [2.24, 2.45) is 11.8 Å². The lowest BCUT2D eigenvalue weighted by Crippen LogP contribution is -2.47. The minimum atomic E-state index is 0.118. The summed E-state index contributed by atoms with van der Waals surface area (Å²) in [4.78, 5) is 32.7. The number of nitrogens with one attached hydrogen (secondary N) is 2. The Labute approximate surface area is 226 Å². The molecule has 9 nitrogen and oxygen atoms in total. The van der Waals surface area contributed by atoms with Crippen molar-refractivity contribution in [2.45, 2.75) is 38.3 Å². The summed E-state index contributed by atoms with van der Waals surface area (Å²) in [5.41, 5.74) is 2.26. The number of carbonyl (C=O) groups excluding carboxylic acids is 2. The Kier molecular flexibility index (Phi) is 9.19. The van der Waals surface area contributed by atoms with Gasteiger partial charge in [0.2, 0.25) is 11.8 Å². The van der Waals surface area contributed by atoms with Crippen molar-refractivity contribution in [3.05, 3.63) is 35.9 Å². The first-order valence-corrected chi connectivity index (χ1v) is 14.3. The van der Waals surface area contributed by atoms with E-state index in [1.165, 1.54) is 5.69 Å². The van der Waals surface area contributed by atoms with Gasteiger partial charge in [-0.25, -0.2) is 0 Å². The second-order valence-electron chi connectivity index (χ2n) is 11.0. The summed E-state index contributed by atoms with van der Waals surface area (Å²) >= 11 is 0. The van der Waals surface area contributed by atoms with Crippen molar-refractivity contribution >= 4 is 17.5 Å². The second-order valence-corrected chi connectivity index (χ2v) is 11.0. The zero-order valence-corrected chi connectivity index (χ0v) is 22.7. The Bertz CT molecular complexity index is 995. The Morgan fingerprint density at radius 1 is 1.08 bits per heavy atom. The maximum absolute atomic E-state index is 13.3. The van der Waals surface area contributed by atoms with E-state index in [1.807, 2.05) is 9.80 Å². The highest BCUT2D eigenvalue weighted by atomic mass is 16.5. The van der Waals surface area contributed by atoms with Crippen molar-refractivity contribution in [3.63, 3.8) is 0 Å². The third-order valence-corrected chi connectivity index (χ3v) is 8.49. The molecule has 1 aromatic rings. The predicted octanol–water partition coefficient (Wildman–Crippen LogP) is 1.63. The number of methoxy groups -OCH3 is 1. The highest BCUT2D eigenvalue weighted by Crippen LogP contribution is 2.31. The topological polar surface area (TPSA) is 86.4 Å². The van der Waals surface area contributed by atoms with Crippen LogP contribution < -0.4 is 20.3 Å². The molecule has 3 atom stereocenters. The summed E-state index contributed by atoms with van der Waals surface area (Å²) in [5.74, 6) is 1.55. The van der Waals surface area contributed by atoms with Gasteiger partial charge in [0.1, 0.15) is 12.4 Å². The fraction of sp³-hybridized carbons (Fsp3) is 0.655. The number of piperidine rings is 1. The van der Waals surface area contributed by atoms with E-state index in [9.17, 15) is 9.59 Å². The Balaban J connectivity index is 1.27. The van der Waals surface area contributed by atoms with Crippen molar-refractivity contribution in [3.8, 4) is 5.75 Å². The smallest absolute Gasteiger partial charge is 0.236 e. The van der Waals surface area contributed by atoms with Crippen LogP contribution in [0.3, 0.4) is 0 Å². The van der Waals surface area contributed by atoms with Gasteiger partial charge in [-0.3, -0.25) is 9.59 Å². The number of fused-ring (bicyclic) bond motifs is 3. The van der Waals surface area contributed by atoms with Gasteiger partial charge in [-0.2, -0.15) is 0 Å². The number of anilines is 1. The van der Waals surface area contributed by atoms with Gasteiger partial charge in [-0.15, -0.1) is 0 Å². The molecule has 3 fully saturated rings. The standard InChI is InChI=1S/C29H43N5O4/c1-37-21-26-5-2-11-34(26)28(35)17-22-8-12-33-20-23(22)4-3-15-38-27-7-6-25(32-13-9-30-10-14-32)16-24(27)18-31-19-29(33)36/h3-4,6-7,16,22-23,26,30-31H,2,5,8-15,17-21H2,1H3/b4-3+/t22-,23-,26+/m0/s1. The van der Waals surface area contributed by atoms with Gasteiger partial charge in [0.25, 0.3) is 0 Å². The summed E-state index contributed by atoms with van der Waals surface area (Å²) < 4.78 is 11.6. The van der Waals surface area contributed by atoms with Gasteiger partial charge in [0.15, 0.2) is 0 Å². The van der Waals surface area contributed by atoms with E-state index in [0.717, 1.165) is 63.3 Å². The molecule has 1 aromatic carbocycles. The summed E-state index contributed by atoms with van der Waals surface area (Å²) in [6.45, 7) is 8.05. The van der Waals surface area contributed by atoms with Crippen LogP contribution in [0.1, 0.15) is 31.2 Å². The number of nitrogens with zero attached hydrogens (tertiary/aromatic N) is 3. The van der Waals surface area contributed by atoms with E-state index >= 15 is 0 Å². The first-order chi connectivity index (χ1) is 18.6. The highest BCUT2D eigenvalue weighted by Gasteiger charge is 2.35. The van der Waals surface area contributed by atoms with E-state index in [-0.39, 0.29) is 29.7 Å². The maximum Gasteiger partial charge on any atom is 0.236 e. The average molecular weight is 526 g/mol. The molecule has 0 saturated carbocycles. The van der Waals surface area contributed by atoms with Crippen molar-refractivity contribution < 1.29 is 19.1 Å². The van der Waals surface area contributed by atoms with E-state index in [1.54, 1.807) is 7.11 Å². The number of rotatable bonds is 5. The Morgan fingerprint density at radius 2 is 1.95 bits per heavy atom. The lowest BCUT2D eigenvalue weighted by molar-refractivity contribution is -0.135. The molecule has 0 radical (unpaired) electrons. The molecule has 5 rings (SSSR count). The van der Waals surface area contributed by atoms with Gasteiger partial charge in [-0.05, 0) is 49.3 Å². The van der Waals surface area contributed by atoms with Crippen LogP contribution in [0.4, 0.5) is 5.69 Å². The van der Waals surface area contributed by atoms with Crippen LogP contribution in [0.5, 0.6) is 5.75 Å². The molecular formula is C29H43N5O4. The Hall–Kier alpha value is -2.62. The SMILES string of the molecule is COC[C@H]1CCCN1C(=O)C[C@@H]1CCN2C[C@@H]1/C=C/COc1ccc(N3CCNCC3)cc1CNCC2=O. The molecule has 0 aliphatic carbocycles. The molecule has 0 spiro atoms. The van der Waals surface area contributed by atoms with Crippen LogP contribution in [-0.2, 0) is 20.9 Å². The van der Waals surface area contributed by atoms with E-state index in [4.69, 9.17) is 9.47 Å². The molecule has 0 unspecified atom stereocenters. The number of carbonyl (C=O) groups is 2. The van der Waals surface area contributed by atoms with E-state index in [2.05, 4.69) is 45.9 Å². The summed E-state index contributed by atoms with van der Waals surface area (Å²) in [6, 6.07) is 6.57. The van der Waals surface area contributed by atoms with E-state index in [0.29, 0.717) is 45.8 Å². The molecule has 2 bridgehead atoms. The number of amides is 2. The summed E-state index contributed by atoms with van der Waals surface area (Å²) in [5, 5.41) is 6.77. The fourth-order valence-electron chi connectivity index (χ4n) is 6.35. The largest absolute Gasteiger partial charge is 0.489 e.